The molecule has 17 heavy (non-hydrogen) atoms. The van der Waals surface area contributed by atoms with Crippen LogP contribution in [0, 0.1) is 0 Å². The van der Waals surface area contributed by atoms with Gasteiger partial charge in [0.15, 0.2) is 5.60 Å². The van der Waals surface area contributed by atoms with Crippen molar-refractivity contribution >= 4 is 11.8 Å². The van der Waals surface area contributed by atoms with Crippen molar-refractivity contribution in [3.8, 4) is 0 Å². The lowest BCUT2D eigenvalue weighted by molar-refractivity contribution is 0.0794. The number of hydrogen-bond donors (Lipinski definition) is 1. The van der Waals surface area contributed by atoms with E-state index < -0.39 is 11.7 Å². The predicted octanol–water partition coefficient (Wildman–Crippen LogP) is 3.15. The second kappa shape index (κ2) is 4.13. The molecule has 1 N–H and O–H groups in total. The van der Waals surface area contributed by atoms with Crippen molar-refractivity contribution in [3.05, 3.63) is 42.6 Å². The lowest BCUT2D eigenvalue weighted by atomic mass is 10.0. The number of rotatable bonds is 3. The highest BCUT2D eigenvalue weighted by Crippen LogP contribution is 2.34. The van der Waals surface area contributed by atoms with Gasteiger partial charge in [-0.3, -0.25) is 5.43 Å². The fourth-order valence-corrected chi connectivity index (χ4v) is 1.68. The van der Waals surface area contributed by atoms with E-state index in [1.165, 1.54) is 5.01 Å². The number of ether oxygens (including phenoxy) is 1. The summed E-state index contributed by atoms with van der Waals surface area (Å²) in [6, 6.07) is 9.46. The Morgan fingerprint density at radius 3 is 2.59 bits per heavy atom. The lowest BCUT2D eigenvalue weighted by Crippen LogP contribution is -2.31. The van der Waals surface area contributed by atoms with Gasteiger partial charge in [-0.05, 0) is 25.5 Å². The third kappa shape index (κ3) is 1.98. The summed E-state index contributed by atoms with van der Waals surface area (Å²) in [5, 5.41) is 1.36. The molecule has 1 saturated heterocycles. The number of benzene rings is 1. The number of amides is 1. The first-order valence-electron chi connectivity index (χ1n) is 5.61. The lowest BCUT2D eigenvalue weighted by Gasteiger charge is -2.22. The van der Waals surface area contributed by atoms with E-state index in [0.717, 1.165) is 5.69 Å². The van der Waals surface area contributed by atoms with E-state index in [1.54, 1.807) is 0 Å². The summed E-state index contributed by atoms with van der Waals surface area (Å²) >= 11 is 0. The summed E-state index contributed by atoms with van der Waals surface area (Å²) in [7, 11) is 0. The van der Waals surface area contributed by atoms with Crippen LogP contribution in [0.5, 0.6) is 0 Å². The molecule has 1 amide bonds. The molecular formula is C13H16N2O2. The summed E-state index contributed by atoms with van der Waals surface area (Å²) in [6.45, 7) is 7.75. The molecule has 4 nitrogen and oxygen atoms in total. The first kappa shape index (κ1) is 11.5. The highest BCUT2D eigenvalue weighted by molar-refractivity contribution is 5.76. The van der Waals surface area contributed by atoms with E-state index in [1.807, 2.05) is 44.2 Å². The normalized spacial score (nSPS) is 23.8. The number of para-hydroxylation sites is 1. The molecule has 1 aromatic rings. The Bertz CT molecular complexity index is 444. The van der Waals surface area contributed by atoms with Crippen molar-refractivity contribution in [2.75, 3.05) is 5.43 Å². The number of nitrogens with one attached hydrogen (secondary N) is 1. The number of cyclic esters (lactones) is 1. The monoisotopic (exact) mass is 232 g/mol. The maximum absolute atomic E-state index is 11.7. The molecule has 1 aliphatic heterocycles. The topological polar surface area (TPSA) is 41.6 Å². The molecule has 0 unspecified atom stereocenters. The van der Waals surface area contributed by atoms with Crippen LogP contribution in [0.25, 0.3) is 0 Å². The highest BCUT2D eigenvalue weighted by Gasteiger charge is 2.44. The van der Waals surface area contributed by atoms with Crippen LogP contribution in [0.1, 0.15) is 20.3 Å². The average molecular weight is 232 g/mol. The molecule has 2 rings (SSSR count). The van der Waals surface area contributed by atoms with E-state index >= 15 is 0 Å². The molecule has 0 bridgehead atoms. The van der Waals surface area contributed by atoms with E-state index in [4.69, 9.17) is 4.74 Å². The van der Waals surface area contributed by atoms with Crippen LogP contribution in [0.4, 0.5) is 10.5 Å². The number of carbonyl (C=O) groups is 1. The summed E-state index contributed by atoms with van der Waals surface area (Å²) in [5.74, 6) is 0. The van der Waals surface area contributed by atoms with Crippen LogP contribution in [-0.2, 0) is 4.74 Å². The predicted molar refractivity (Wildman–Crippen MR) is 66.2 cm³/mol. The molecule has 1 heterocycles. The minimum Gasteiger partial charge on any atom is -0.435 e. The highest BCUT2D eigenvalue weighted by atomic mass is 16.6. The van der Waals surface area contributed by atoms with E-state index in [2.05, 4.69) is 12.0 Å². The zero-order valence-electron chi connectivity index (χ0n) is 10.1. The van der Waals surface area contributed by atoms with E-state index in [9.17, 15) is 4.79 Å². The Hall–Kier alpha value is -1.97. The van der Waals surface area contributed by atoms with Gasteiger partial charge in [0.1, 0.15) is 0 Å². The average Bonchev–Trinajstić information content (AvgIpc) is 2.55. The molecule has 1 aromatic carbocycles. The van der Waals surface area contributed by atoms with Crippen LogP contribution in [0.3, 0.4) is 0 Å². The number of hydrazine groups is 1. The summed E-state index contributed by atoms with van der Waals surface area (Å²) in [5.41, 5.74) is 3.84. The van der Waals surface area contributed by atoms with Gasteiger partial charge in [-0.15, -0.1) is 0 Å². The minimum absolute atomic E-state index is 0.414. The smallest absolute Gasteiger partial charge is 0.434 e. The van der Waals surface area contributed by atoms with Crippen LogP contribution >= 0.6 is 0 Å². The molecular weight excluding hydrogens is 216 g/mol. The molecule has 0 radical (unpaired) electrons. The van der Waals surface area contributed by atoms with Crippen molar-refractivity contribution in [2.24, 2.45) is 0 Å². The minimum atomic E-state index is -0.612. The fourth-order valence-electron chi connectivity index (χ4n) is 1.68. The quantitative estimate of drug-likeness (QED) is 0.870. The maximum Gasteiger partial charge on any atom is 0.434 e. The van der Waals surface area contributed by atoms with Crippen LogP contribution in [0.2, 0.25) is 0 Å². The maximum atomic E-state index is 11.7. The molecule has 0 spiro atoms. The van der Waals surface area contributed by atoms with Gasteiger partial charge in [-0.25, -0.2) is 4.79 Å². The van der Waals surface area contributed by atoms with Crippen molar-refractivity contribution in [2.45, 2.75) is 25.9 Å². The third-order valence-corrected chi connectivity index (χ3v) is 3.06. The first-order chi connectivity index (χ1) is 8.07. The zero-order valence-corrected chi connectivity index (χ0v) is 10.1. The molecule has 1 fully saturated rings. The fraction of sp³-hybridized carbons (Fsp3) is 0.308. The Kier molecular flexibility index (Phi) is 2.79. The van der Waals surface area contributed by atoms with Gasteiger partial charge in [0.2, 0.25) is 0 Å². The Morgan fingerprint density at radius 1 is 1.41 bits per heavy atom. The second-order valence-electron chi connectivity index (χ2n) is 4.21. The van der Waals surface area contributed by atoms with E-state index in [0.29, 0.717) is 12.1 Å². The standard InChI is InChI=1S/C13H16N2O2/c1-4-13(3)10(2)15(12(16)17-13)14-11-8-6-5-7-9-11/h5-9,14H,2,4H2,1,3H3/t13-/m1/s1. The van der Waals surface area contributed by atoms with Gasteiger partial charge in [0.05, 0.1) is 11.4 Å². The third-order valence-electron chi connectivity index (χ3n) is 3.06. The first-order valence-corrected chi connectivity index (χ1v) is 5.61. The van der Waals surface area contributed by atoms with Crippen molar-refractivity contribution in [3.63, 3.8) is 0 Å². The van der Waals surface area contributed by atoms with Gasteiger partial charge in [-0.1, -0.05) is 31.7 Å². The van der Waals surface area contributed by atoms with Crippen LogP contribution < -0.4 is 5.43 Å². The molecule has 0 saturated carbocycles. The molecule has 4 heteroatoms. The van der Waals surface area contributed by atoms with Gasteiger partial charge < -0.3 is 4.74 Å². The van der Waals surface area contributed by atoms with Crippen molar-refractivity contribution in [1.29, 1.82) is 0 Å². The Morgan fingerprint density at radius 2 is 2.06 bits per heavy atom. The summed E-state index contributed by atoms with van der Waals surface area (Å²) in [6.07, 6.45) is 0.285. The molecule has 1 aliphatic rings. The van der Waals surface area contributed by atoms with Gasteiger partial charge in [0.25, 0.3) is 0 Å². The summed E-state index contributed by atoms with van der Waals surface area (Å²) < 4.78 is 5.32. The largest absolute Gasteiger partial charge is 0.435 e. The second-order valence-corrected chi connectivity index (χ2v) is 4.21. The summed E-state index contributed by atoms with van der Waals surface area (Å²) in [4.78, 5) is 11.7. The zero-order chi connectivity index (χ0) is 12.5. The van der Waals surface area contributed by atoms with E-state index in [-0.39, 0.29) is 0 Å². The van der Waals surface area contributed by atoms with Crippen molar-refractivity contribution in [1.82, 2.24) is 5.01 Å². The SMILES string of the molecule is C=C1N(Nc2ccccc2)C(=O)O[C@]1(C)CC. The van der Waals surface area contributed by atoms with Gasteiger partial charge in [-0.2, -0.15) is 5.01 Å². The number of nitrogens with zero attached hydrogens (tertiary/aromatic N) is 1. The van der Waals surface area contributed by atoms with Crippen molar-refractivity contribution < 1.29 is 9.53 Å². The molecule has 0 aliphatic carbocycles. The van der Waals surface area contributed by atoms with Crippen LogP contribution in [-0.4, -0.2) is 16.7 Å². The van der Waals surface area contributed by atoms with Crippen LogP contribution in [0.15, 0.2) is 42.6 Å². The molecule has 90 valence electrons. The molecule has 0 aromatic heterocycles. The Balaban J connectivity index is 2.18. The number of hydrogen-bond acceptors (Lipinski definition) is 3. The van der Waals surface area contributed by atoms with Gasteiger partial charge in [0, 0.05) is 0 Å². The Labute approximate surface area is 101 Å². The number of anilines is 1. The van der Waals surface area contributed by atoms with Gasteiger partial charge >= 0.3 is 6.09 Å². The number of carbonyl (C=O) groups excluding carboxylic acids is 1. The molecule has 1 atom stereocenters.